The molecule has 1 aromatic heterocycles. The molecule has 1 saturated heterocycles. The predicted octanol–water partition coefficient (Wildman–Crippen LogP) is 5.43. The molecule has 3 aliphatic carbocycles. The summed E-state index contributed by atoms with van der Waals surface area (Å²) < 4.78 is 9.28. The SMILES string of the molecule is O=C(CBr)Nc1cccc(Cn2c3c(c4ccccc42)C[C@@]2(O)[C@H]4Cc5ccc(O)c6c5[C@@]2(CCN4CC2CC2)[C@H]3O6)c1. The van der Waals surface area contributed by atoms with E-state index < -0.39 is 17.1 Å². The highest BCUT2D eigenvalue weighted by atomic mass is 79.9. The zero-order valence-electron chi connectivity index (χ0n) is 23.9. The largest absolute Gasteiger partial charge is 0.504 e. The number of amides is 1. The zero-order valence-corrected chi connectivity index (χ0v) is 25.4. The molecule has 5 aliphatic rings. The molecule has 0 radical (unpaired) electrons. The molecule has 2 aliphatic heterocycles. The summed E-state index contributed by atoms with van der Waals surface area (Å²) in [6.07, 6.45) is 4.26. The van der Waals surface area contributed by atoms with Crippen molar-refractivity contribution >= 4 is 38.4 Å². The number of rotatable bonds is 6. The number of ether oxygens (including phenoxy) is 1. The number of aromatic hydroxyl groups is 1. The Morgan fingerprint density at radius 3 is 2.81 bits per heavy atom. The fourth-order valence-electron chi connectivity index (χ4n) is 9.10. The van der Waals surface area contributed by atoms with Gasteiger partial charge in [0.05, 0.1) is 22.0 Å². The Labute approximate surface area is 258 Å². The van der Waals surface area contributed by atoms with Crippen molar-refractivity contribution < 1.29 is 19.7 Å². The Bertz CT molecular complexity index is 1830. The van der Waals surface area contributed by atoms with Gasteiger partial charge >= 0.3 is 0 Å². The Kier molecular flexibility index (Phi) is 5.52. The average molecular weight is 641 g/mol. The normalized spacial score (nSPS) is 28.3. The standard InChI is InChI=1S/C35H34BrN3O4/c36-17-29(41)37-23-5-3-4-21(14-23)19-39-26-7-2-1-6-24(26)25-16-35(42)28-15-22-10-11-27(40)32-30(22)34(35,33(43-32)31(25)39)12-13-38(28)18-20-8-9-20/h1-7,10-11,14,20,28,33,40,42H,8-9,12-13,15-19H2,(H,37,41)/t28-,33+,34+,35-/m1/s1. The van der Waals surface area contributed by atoms with Crippen LogP contribution in [0, 0.1) is 5.92 Å². The molecule has 3 N–H and O–H groups in total. The number of fused-ring (bicyclic) bond motifs is 4. The van der Waals surface area contributed by atoms with E-state index in [2.05, 4.69) is 67.1 Å². The van der Waals surface area contributed by atoms with Crippen LogP contribution in [0.2, 0.25) is 0 Å². The van der Waals surface area contributed by atoms with Crippen LogP contribution >= 0.6 is 15.9 Å². The van der Waals surface area contributed by atoms with Gasteiger partial charge in [0.15, 0.2) is 17.6 Å². The minimum Gasteiger partial charge on any atom is -0.504 e. The number of carbonyl (C=O) groups excluding carboxylic acids is 1. The molecule has 9 rings (SSSR count). The lowest BCUT2D eigenvalue weighted by molar-refractivity contribution is -0.173. The molecule has 2 bridgehead atoms. The summed E-state index contributed by atoms with van der Waals surface area (Å²) in [6, 6.07) is 20.3. The van der Waals surface area contributed by atoms with Crippen molar-refractivity contribution in [3.05, 3.63) is 88.6 Å². The number of para-hydroxylation sites is 1. The van der Waals surface area contributed by atoms with E-state index in [0.717, 1.165) is 70.8 Å². The number of aliphatic hydroxyl groups is 1. The number of alkyl halides is 1. The maximum atomic E-state index is 13.2. The van der Waals surface area contributed by atoms with E-state index in [1.807, 2.05) is 18.2 Å². The molecule has 43 heavy (non-hydrogen) atoms. The molecule has 3 aromatic carbocycles. The lowest BCUT2D eigenvalue weighted by atomic mass is 9.49. The summed E-state index contributed by atoms with van der Waals surface area (Å²) in [6.45, 7) is 2.56. The molecule has 1 amide bonds. The van der Waals surface area contributed by atoms with Crippen molar-refractivity contribution in [1.82, 2.24) is 9.47 Å². The Balaban J connectivity index is 1.24. The smallest absolute Gasteiger partial charge is 0.235 e. The summed E-state index contributed by atoms with van der Waals surface area (Å²) in [5.74, 6) is 1.36. The molecule has 7 nitrogen and oxygen atoms in total. The first-order valence-electron chi connectivity index (χ1n) is 15.4. The number of phenolic OH excluding ortho intramolecular Hbond substituents is 1. The Hall–Kier alpha value is -3.33. The molecule has 3 heterocycles. The number of anilines is 1. The van der Waals surface area contributed by atoms with Crippen LogP contribution in [0.4, 0.5) is 5.69 Å². The highest BCUT2D eigenvalue weighted by molar-refractivity contribution is 9.09. The summed E-state index contributed by atoms with van der Waals surface area (Å²) >= 11 is 3.24. The van der Waals surface area contributed by atoms with Gasteiger partial charge in [0.1, 0.15) is 0 Å². The van der Waals surface area contributed by atoms with Crippen molar-refractivity contribution in [2.75, 3.05) is 23.7 Å². The van der Waals surface area contributed by atoms with Crippen molar-refractivity contribution in [3.63, 3.8) is 0 Å². The number of nitrogens with one attached hydrogen (secondary N) is 1. The summed E-state index contributed by atoms with van der Waals surface area (Å²) in [7, 11) is 0. The van der Waals surface area contributed by atoms with Crippen molar-refractivity contribution in [3.8, 4) is 11.5 Å². The maximum Gasteiger partial charge on any atom is 0.235 e. The lowest BCUT2D eigenvalue weighted by Gasteiger charge is -2.63. The van der Waals surface area contributed by atoms with Crippen LogP contribution in [0.5, 0.6) is 11.5 Å². The van der Waals surface area contributed by atoms with Gasteiger partial charge in [0.25, 0.3) is 0 Å². The second kappa shape index (κ2) is 9.10. The van der Waals surface area contributed by atoms with E-state index >= 15 is 0 Å². The summed E-state index contributed by atoms with van der Waals surface area (Å²) in [5.41, 5.74) is 5.76. The fourth-order valence-corrected chi connectivity index (χ4v) is 9.24. The van der Waals surface area contributed by atoms with Gasteiger partial charge in [-0.3, -0.25) is 9.69 Å². The number of benzene rings is 3. The van der Waals surface area contributed by atoms with Gasteiger partial charge in [-0.05, 0) is 79.1 Å². The van der Waals surface area contributed by atoms with E-state index in [-0.39, 0.29) is 23.0 Å². The van der Waals surface area contributed by atoms with Crippen molar-refractivity contribution in [2.45, 2.75) is 61.8 Å². The van der Waals surface area contributed by atoms with Crippen LogP contribution in [0.25, 0.3) is 10.9 Å². The number of phenols is 1. The van der Waals surface area contributed by atoms with Gasteiger partial charge < -0.3 is 24.8 Å². The van der Waals surface area contributed by atoms with E-state index in [1.165, 1.54) is 18.4 Å². The van der Waals surface area contributed by atoms with Crippen LogP contribution in [-0.4, -0.2) is 55.6 Å². The number of nitrogens with zero attached hydrogens (tertiary/aromatic N) is 2. The lowest BCUT2D eigenvalue weighted by Crippen LogP contribution is -2.74. The van der Waals surface area contributed by atoms with Gasteiger partial charge in [-0.1, -0.05) is 52.3 Å². The molecule has 8 heteroatoms. The number of aromatic nitrogens is 1. The van der Waals surface area contributed by atoms with Crippen LogP contribution < -0.4 is 10.1 Å². The number of likely N-dealkylation sites (tertiary alicyclic amines) is 1. The minimum atomic E-state index is -1.02. The number of halogens is 1. The average Bonchev–Trinajstić information content (AvgIpc) is 3.68. The third-order valence-electron chi connectivity index (χ3n) is 11.0. The van der Waals surface area contributed by atoms with Gasteiger partial charge in [0, 0.05) is 47.7 Å². The van der Waals surface area contributed by atoms with E-state index in [9.17, 15) is 15.0 Å². The van der Waals surface area contributed by atoms with Crippen molar-refractivity contribution in [1.29, 1.82) is 0 Å². The first-order chi connectivity index (χ1) is 20.9. The second-order valence-corrected chi connectivity index (χ2v) is 13.8. The quantitative estimate of drug-likeness (QED) is 0.245. The predicted molar refractivity (Wildman–Crippen MR) is 168 cm³/mol. The molecular formula is C35H34BrN3O4. The topological polar surface area (TPSA) is 87.0 Å². The summed E-state index contributed by atoms with van der Waals surface area (Å²) in [4.78, 5) is 14.7. The third-order valence-corrected chi connectivity index (χ3v) is 11.5. The zero-order chi connectivity index (χ0) is 29.1. The van der Waals surface area contributed by atoms with E-state index in [1.54, 1.807) is 6.07 Å². The molecule has 1 spiro atoms. The van der Waals surface area contributed by atoms with Crippen LogP contribution in [0.15, 0.2) is 60.7 Å². The first-order valence-corrected chi connectivity index (χ1v) is 16.6. The highest BCUT2D eigenvalue weighted by Gasteiger charge is 2.73. The van der Waals surface area contributed by atoms with E-state index in [0.29, 0.717) is 18.7 Å². The van der Waals surface area contributed by atoms with Gasteiger partial charge in [-0.25, -0.2) is 0 Å². The highest BCUT2D eigenvalue weighted by Crippen LogP contribution is 2.69. The van der Waals surface area contributed by atoms with Crippen LogP contribution in [-0.2, 0) is 29.6 Å². The minimum absolute atomic E-state index is 0.000862. The first kappa shape index (κ1) is 26.1. The van der Waals surface area contributed by atoms with Crippen LogP contribution in [0.3, 0.4) is 0 Å². The number of hydrogen-bond acceptors (Lipinski definition) is 5. The number of hydrogen-bond donors (Lipinski definition) is 3. The second-order valence-electron chi connectivity index (χ2n) is 13.3. The van der Waals surface area contributed by atoms with Gasteiger partial charge in [0.2, 0.25) is 5.91 Å². The summed E-state index contributed by atoms with van der Waals surface area (Å²) in [5, 5.41) is 28.7. The van der Waals surface area contributed by atoms with Gasteiger partial charge in [-0.2, -0.15) is 0 Å². The third kappa shape index (κ3) is 3.51. The van der Waals surface area contributed by atoms with Crippen LogP contribution in [0.1, 0.15) is 53.3 Å². The monoisotopic (exact) mass is 639 g/mol. The molecule has 2 fully saturated rings. The molecule has 4 aromatic rings. The Morgan fingerprint density at radius 1 is 1.12 bits per heavy atom. The van der Waals surface area contributed by atoms with Gasteiger partial charge in [-0.15, -0.1) is 0 Å². The maximum absolute atomic E-state index is 13.2. The number of carbonyl (C=O) groups is 1. The van der Waals surface area contributed by atoms with Crippen molar-refractivity contribution in [2.24, 2.45) is 5.92 Å². The molecule has 0 unspecified atom stereocenters. The molecule has 220 valence electrons. The molecular weight excluding hydrogens is 606 g/mol. The number of piperidine rings is 1. The Morgan fingerprint density at radius 2 is 1.98 bits per heavy atom. The molecule has 4 atom stereocenters. The molecule has 1 saturated carbocycles. The van der Waals surface area contributed by atoms with E-state index in [4.69, 9.17) is 4.74 Å². The fraction of sp³-hybridized carbons (Fsp3) is 0.400.